The lowest BCUT2D eigenvalue weighted by molar-refractivity contribution is -0.126. The summed E-state index contributed by atoms with van der Waals surface area (Å²) in [7, 11) is 1.78. The molecule has 0 spiro atoms. The summed E-state index contributed by atoms with van der Waals surface area (Å²) in [6, 6.07) is 7.32. The lowest BCUT2D eigenvalue weighted by Gasteiger charge is -2.24. The summed E-state index contributed by atoms with van der Waals surface area (Å²) in [5, 5.41) is 5.79. The Balaban J connectivity index is 2.54. The predicted molar refractivity (Wildman–Crippen MR) is 96.8 cm³/mol. The van der Waals surface area contributed by atoms with E-state index in [1.165, 1.54) is 0 Å². The molecule has 0 saturated carbocycles. The van der Waals surface area contributed by atoms with E-state index in [2.05, 4.69) is 10.6 Å². The Morgan fingerprint density at radius 1 is 1.22 bits per heavy atom. The lowest BCUT2D eigenvalue weighted by Crippen LogP contribution is -2.46. The first-order chi connectivity index (χ1) is 10.8. The monoisotopic (exact) mass is 337 g/mol. The molecule has 6 heteroatoms. The zero-order valence-corrected chi connectivity index (χ0v) is 15.4. The number of rotatable bonds is 8. The van der Waals surface area contributed by atoms with Crippen LogP contribution in [0, 0.1) is 5.92 Å². The fourth-order valence-corrected chi connectivity index (χ4v) is 2.51. The topological polar surface area (TPSA) is 61.4 Å². The third-order valence-corrected chi connectivity index (χ3v) is 4.30. The number of nitrogens with zero attached hydrogens (tertiary/aromatic N) is 1. The quantitative estimate of drug-likeness (QED) is 0.715. The molecule has 0 fully saturated rings. The minimum absolute atomic E-state index is 0.0569. The molecule has 1 unspecified atom stereocenters. The van der Waals surface area contributed by atoms with Crippen molar-refractivity contribution < 1.29 is 9.59 Å². The van der Waals surface area contributed by atoms with Crippen molar-refractivity contribution >= 4 is 29.3 Å². The van der Waals surface area contributed by atoms with Crippen LogP contribution in [0.2, 0.25) is 0 Å². The molecule has 23 heavy (non-hydrogen) atoms. The first-order valence-electron chi connectivity index (χ1n) is 7.76. The van der Waals surface area contributed by atoms with E-state index >= 15 is 0 Å². The first kappa shape index (κ1) is 19.5. The average molecular weight is 337 g/mol. The number of hydrogen-bond donors (Lipinski definition) is 2. The van der Waals surface area contributed by atoms with Crippen LogP contribution >= 0.6 is 11.8 Å². The summed E-state index contributed by atoms with van der Waals surface area (Å²) >= 11 is 1.58. The van der Waals surface area contributed by atoms with Gasteiger partial charge in [-0.2, -0.15) is 0 Å². The Morgan fingerprint density at radius 2 is 1.87 bits per heavy atom. The SMILES string of the molecule is CSc1ccccc1NC(=O)CN(C)C(C)C(=O)NCC(C)C. The van der Waals surface area contributed by atoms with Gasteiger partial charge in [-0.1, -0.05) is 26.0 Å². The third kappa shape index (κ3) is 6.62. The standard InChI is InChI=1S/C17H27N3O2S/c1-12(2)10-18-17(22)13(3)20(4)11-16(21)19-14-8-6-7-9-15(14)23-5/h6-9,12-13H,10-11H2,1-5H3,(H,18,22)(H,19,21). The molecule has 1 atom stereocenters. The number of carbonyl (C=O) groups excluding carboxylic acids is 2. The molecule has 0 aliphatic heterocycles. The van der Waals surface area contributed by atoms with Crippen molar-refractivity contribution in [3.8, 4) is 0 Å². The molecule has 2 N–H and O–H groups in total. The molecule has 1 rings (SSSR count). The van der Waals surface area contributed by atoms with Crippen LogP contribution in [0.3, 0.4) is 0 Å². The van der Waals surface area contributed by atoms with Gasteiger partial charge >= 0.3 is 0 Å². The molecule has 0 radical (unpaired) electrons. The van der Waals surface area contributed by atoms with Gasteiger partial charge in [-0.25, -0.2) is 0 Å². The summed E-state index contributed by atoms with van der Waals surface area (Å²) < 4.78 is 0. The van der Waals surface area contributed by atoms with Crippen LogP contribution in [0.1, 0.15) is 20.8 Å². The highest BCUT2D eigenvalue weighted by Crippen LogP contribution is 2.24. The minimum Gasteiger partial charge on any atom is -0.354 e. The smallest absolute Gasteiger partial charge is 0.238 e. The molecule has 0 aliphatic rings. The van der Waals surface area contributed by atoms with E-state index in [0.29, 0.717) is 12.5 Å². The molecule has 1 aromatic carbocycles. The van der Waals surface area contributed by atoms with Crippen molar-refractivity contribution in [3.63, 3.8) is 0 Å². The van der Waals surface area contributed by atoms with E-state index in [9.17, 15) is 9.59 Å². The molecular formula is C17H27N3O2S. The Morgan fingerprint density at radius 3 is 2.48 bits per heavy atom. The van der Waals surface area contributed by atoms with Crippen LogP contribution in [-0.4, -0.2) is 49.1 Å². The normalized spacial score (nSPS) is 12.3. The average Bonchev–Trinajstić information content (AvgIpc) is 2.52. The van der Waals surface area contributed by atoms with Crippen molar-refractivity contribution in [2.45, 2.75) is 31.7 Å². The van der Waals surface area contributed by atoms with Crippen molar-refractivity contribution in [1.82, 2.24) is 10.2 Å². The third-order valence-electron chi connectivity index (χ3n) is 3.50. The van der Waals surface area contributed by atoms with Gasteiger partial charge in [0.2, 0.25) is 11.8 Å². The highest BCUT2D eigenvalue weighted by molar-refractivity contribution is 7.98. The Hall–Kier alpha value is -1.53. The molecular weight excluding hydrogens is 310 g/mol. The maximum atomic E-state index is 12.2. The van der Waals surface area contributed by atoms with Gasteiger partial charge in [0, 0.05) is 11.4 Å². The number of nitrogens with one attached hydrogen (secondary N) is 2. The molecule has 0 aromatic heterocycles. The number of anilines is 1. The largest absolute Gasteiger partial charge is 0.354 e. The lowest BCUT2D eigenvalue weighted by atomic mass is 10.2. The molecule has 1 aromatic rings. The number of amides is 2. The van der Waals surface area contributed by atoms with Crippen LogP contribution in [0.15, 0.2) is 29.2 Å². The summed E-state index contributed by atoms with van der Waals surface area (Å²) in [4.78, 5) is 27.0. The number of benzene rings is 1. The van der Waals surface area contributed by atoms with Gasteiger partial charge in [-0.3, -0.25) is 14.5 Å². The maximum Gasteiger partial charge on any atom is 0.238 e. The number of carbonyl (C=O) groups is 2. The molecule has 0 bridgehead atoms. The number of thioether (sulfide) groups is 1. The number of hydrogen-bond acceptors (Lipinski definition) is 4. The van der Waals surface area contributed by atoms with Gasteiger partial charge in [0.25, 0.3) is 0 Å². The Bertz CT molecular complexity index is 534. The van der Waals surface area contributed by atoms with Crippen molar-refractivity contribution in [2.75, 3.05) is 31.7 Å². The number of para-hydroxylation sites is 1. The van der Waals surface area contributed by atoms with Crippen LogP contribution in [-0.2, 0) is 9.59 Å². The van der Waals surface area contributed by atoms with E-state index in [0.717, 1.165) is 10.6 Å². The van der Waals surface area contributed by atoms with Gasteiger partial charge in [-0.15, -0.1) is 11.8 Å². The molecule has 0 aliphatic carbocycles. The van der Waals surface area contributed by atoms with Crippen molar-refractivity contribution in [3.05, 3.63) is 24.3 Å². The highest BCUT2D eigenvalue weighted by Gasteiger charge is 2.20. The summed E-state index contributed by atoms with van der Waals surface area (Å²) in [5.74, 6) is 0.221. The van der Waals surface area contributed by atoms with E-state index in [4.69, 9.17) is 0 Å². The molecule has 5 nitrogen and oxygen atoms in total. The molecule has 0 heterocycles. The second-order valence-corrected chi connectivity index (χ2v) is 6.83. The first-order valence-corrected chi connectivity index (χ1v) is 8.98. The zero-order valence-electron chi connectivity index (χ0n) is 14.6. The van der Waals surface area contributed by atoms with Crippen molar-refractivity contribution in [2.24, 2.45) is 5.92 Å². The minimum atomic E-state index is -0.352. The fourth-order valence-electron chi connectivity index (χ4n) is 1.95. The Labute approximate surface area is 143 Å². The van der Waals surface area contributed by atoms with Gasteiger partial charge < -0.3 is 10.6 Å². The van der Waals surface area contributed by atoms with Crippen LogP contribution < -0.4 is 10.6 Å². The molecule has 0 saturated heterocycles. The summed E-state index contributed by atoms with van der Waals surface area (Å²) in [6.45, 7) is 6.71. The van der Waals surface area contributed by atoms with Crippen LogP contribution in [0.5, 0.6) is 0 Å². The van der Waals surface area contributed by atoms with Gasteiger partial charge in [0.15, 0.2) is 0 Å². The highest BCUT2D eigenvalue weighted by atomic mass is 32.2. The van der Waals surface area contributed by atoms with E-state index in [-0.39, 0.29) is 24.4 Å². The van der Waals surface area contributed by atoms with Gasteiger partial charge in [0.05, 0.1) is 18.3 Å². The Kier molecular flexibility index (Phi) is 8.12. The second-order valence-electron chi connectivity index (χ2n) is 5.98. The predicted octanol–water partition coefficient (Wildman–Crippen LogP) is 2.44. The van der Waals surface area contributed by atoms with Crippen LogP contribution in [0.4, 0.5) is 5.69 Å². The van der Waals surface area contributed by atoms with Crippen molar-refractivity contribution in [1.29, 1.82) is 0 Å². The fraction of sp³-hybridized carbons (Fsp3) is 0.529. The maximum absolute atomic E-state index is 12.2. The summed E-state index contributed by atoms with van der Waals surface area (Å²) in [6.07, 6.45) is 1.97. The van der Waals surface area contributed by atoms with Gasteiger partial charge in [0.1, 0.15) is 0 Å². The second kappa shape index (κ2) is 9.57. The van der Waals surface area contributed by atoms with E-state index < -0.39 is 0 Å². The molecule has 2 amide bonds. The molecule has 128 valence electrons. The van der Waals surface area contributed by atoms with E-state index in [1.807, 2.05) is 44.4 Å². The van der Waals surface area contributed by atoms with E-state index in [1.54, 1.807) is 30.6 Å². The van der Waals surface area contributed by atoms with Gasteiger partial charge in [-0.05, 0) is 38.3 Å². The number of likely N-dealkylation sites (N-methyl/N-ethyl adjacent to an activating group) is 1. The van der Waals surface area contributed by atoms with Crippen LogP contribution in [0.25, 0.3) is 0 Å². The zero-order chi connectivity index (χ0) is 17.4. The summed E-state index contributed by atoms with van der Waals surface area (Å²) in [5.41, 5.74) is 0.801.